The maximum absolute atomic E-state index is 11.9. The highest BCUT2D eigenvalue weighted by Crippen LogP contribution is 2.10. The van der Waals surface area contributed by atoms with Gasteiger partial charge in [-0.05, 0) is 24.7 Å². The van der Waals surface area contributed by atoms with Crippen LogP contribution in [0.25, 0.3) is 0 Å². The Hall–Kier alpha value is -1.92. The quantitative estimate of drug-likeness (QED) is 0.652. The fourth-order valence-electron chi connectivity index (χ4n) is 1.82. The minimum absolute atomic E-state index is 0.00454. The molecule has 0 aliphatic rings. The van der Waals surface area contributed by atoms with Gasteiger partial charge in [0.1, 0.15) is 0 Å². The summed E-state index contributed by atoms with van der Waals surface area (Å²) >= 11 is 0. The van der Waals surface area contributed by atoms with E-state index in [0.29, 0.717) is 32.5 Å². The molecule has 4 N–H and O–H groups in total. The molecule has 0 radical (unpaired) electrons. The van der Waals surface area contributed by atoms with E-state index < -0.39 is 0 Å². The van der Waals surface area contributed by atoms with Crippen molar-refractivity contribution >= 4 is 17.5 Å². The molecular weight excluding hydrogens is 268 g/mol. The molecule has 1 aromatic rings. The van der Waals surface area contributed by atoms with Crippen LogP contribution in [0.2, 0.25) is 0 Å². The van der Waals surface area contributed by atoms with Gasteiger partial charge in [0.15, 0.2) is 0 Å². The molecule has 0 heterocycles. The third kappa shape index (κ3) is 6.87. The molecule has 21 heavy (non-hydrogen) atoms. The van der Waals surface area contributed by atoms with Gasteiger partial charge in [0.25, 0.3) is 0 Å². The minimum atomic E-state index is -0.0454. The maximum atomic E-state index is 11.9. The summed E-state index contributed by atoms with van der Waals surface area (Å²) in [5.41, 5.74) is 7.31. The van der Waals surface area contributed by atoms with Crippen LogP contribution >= 0.6 is 0 Å². The van der Waals surface area contributed by atoms with Crippen molar-refractivity contribution in [1.82, 2.24) is 10.2 Å². The van der Waals surface area contributed by atoms with Gasteiger partial charge in [0, 0.05) is 45.2 Å². The number of anilines is 1. The van der Waals surface area contributed by atoms with Gasteiger partial charge in [-0.3, -0.25) is 9.59 Å². The second kappa shape index (κ2) is 9.10. The number of nitrogens with zero attached hydrogens (tertiary/aromatic N) is 1. The lowest BCUT2D eigenvalue weighted by molar-refractivity contribution is -0.120. The lowest BCUT2D eigenvalue weighted by Gasteiger charge is -2.15. The van der Waals surface area contributed by atoms with E-state index in [9.17, 15) is 9.59 Å². The molecule has 116 valence electrons. The van der Waals surface area contributed by atoms with E-state index in [2.05, 4.69) is 10.6 Å². The summed E-state index contributed by atoms with van der Waals surface area (Å²) in [5, 5.41) is 5.42. The topological polar surface area (TPSA) is 87.5 Å². The highest BCUT2D eigenvalue weighted by Gasteiger charge is 2.07. The van der Waals surface area contributed by atoms with E-state index in [4.69, 9.17) is 5.73 Å². The lowest BCUT2D eigenvalue weighted by atomic mass is 10.2. The van der Waals surface area contributed by atoms with Gasteiger partial charge in [-0.2, -0.15) is 0 Å². The summed E-state index contributed by atoms with van der Waals surface area (Å²) in [6.07, 6.45) is 0.824. The average molecular weight is 292 g/mol. The molecule has 0 saturated heterocycles. The van der Waals surface area contributed by atoms with Crippen LogP contribution < -0.4 is 16.4 Å². The monoisotopic (exact) mass is 292 g/mol. The van der Waals surface area contributed by atoms with Gasteiger partial charge in [-0.15, -0.1) is 0 Å². The van der Waals surface area contributed by atoms with Gasteiger partial charge >= 0.3 is 0 Å². The summed E-state index contributed by atoms with van der Waals surface area (Å²) in [5.74, 6) is -0.0409. The van der Waals surface area contributed by atoms with E-state index >= 15 is 0 Å². The van der Waals surface area contributed by atoms with Crippen LogP contribution in [0.3, 0.4) is 0 Å². The molecule has 1 aromatic carbocycles. The van der Waals surface area contributed by atoms with Crippen molar-refractivity contribution in [1.29, 1.82) is 0 Å². The fraction of sp³-hybridized carbons (Fsp3) is 0.467. The molecule has 0 aromatic heterocycles. The van der Waals surface area contributed by atoms with Crippen LogP contribution in [0.1, 0.15) is 18.4 Å². The molecule has 0 fully saturated rings. The zero-order chi connectivity index (χ0) is 15.7. The fourth-order valence-corrected chi connectivity index (χ4v) is 1.82. The van der Waals surface area contributed by atoms with Gasteiger partial charge in [-0.1, -0.05) is 12.1 Å². The summed E-state index contributed by atoms with van der Waals surface area (Å²) < 4.78 is 0. The highest BCUT2D eigenvalue weighted by molar-refractivity contribution is 5.90. The normalized spacial score (nSPS) is 10.5. The summed E-state index contributed by atoms with van der Waals surface area (Å²) in [6.45, 7) is 1.70. The van der Waals surface area contributed by atoms with Gasteiger partial charge in [0.05, 0.1) is 0 Å². The molecule has 0 saturated carbocycles. The Labute approximate surface area is 125 Å². The van der Waals surface area contributed by atoms with Crippen molar-refractivity contribution < 1.29 is 9.59 Å². The number of hydrogen-bond acceptors (Lipinski definition) is 4. The Bertz CT molecular complexity index is 476. The number of benzene rings is 1. The second-order valence-corrected chi connectivity index (χ2v) is 4.93. The van der Waals surface area contributed by atoms with Crippen molar-refractivity contribution in [3.05, 3.63) is 29.8 Å². The number of carbonyl (C=O) groups is 2. The Morgan fingerprint density at radius 1 is 1.19 bits per heavy atom. The molecule has 6 nitrogen and oxygen atoms in total. The highest BCUT2D eigenvalue weighted by atomic mass is 16.2. The molecule has 0 bridgehead atoms. The van der Waals surface area contributed by atoms with E-state index in [0.717, 1.165) is 11.3 Å². The number of nitrogens with two attached hydrogens (primary N) is 1. The molecule has 0 atom stereocenters. The Kier molecular flexibility index (Phi) is 7.42. The Balaban J connectivity index is 2.31. The molecule has 1 rings (SSSR count). The smallest absolute Gasteiger partial charge is 0.225 e. The summed E-state index contributed by atoms with van der Waals surface area (Å²) in [6, 6.07) is 7.50. The third-order valence-electron chi connectivity index (χ3n) is 3.17. The number of nitrogens with one attached hydrogen (secondary N) is 2. The first kappa shape index (κ1) is 17.1. The molecule has 2 amide bonds. The third-order valence-corrected chi connectivity index (χ3v) is 3.17. The van der Waals surface area contributed by atoms with E-state index in [-0.39, 0.29) is 11.8 Å². The van der Waals surface area contributed by atoms with E-state index in [1.165, 1.54) is 0 Å². The van der Waals surface area contributed by atoms with Crippen LogP contribution in [0.4, 0.5) is 5.69 Å². The van der Waals surface area contributed by atoms with E-state index in [1.54, 1.807) is 7.05 Å². The van der Waals surface area contributed by atoms with Crippen molar-refractivity contribution in [2.45, 2.75) is 19.4 Å². The van der Waals surface area contributed by atoms with Crippen LogP contribution in [-0.4, -0.2) is 43.9 Å². The summed E-state index contributed by atoms with van der Waals surface area (Å²) in [7, 11) is 3.51. The van der Waals surface area contributed by atoms with Crippen molar-refractivity contribution in [2.75, 3.05) is 32.5 Å². The molecular formula is C15H24N4O2. The Morgan fingerprint density at radius 2 is 1.86 bits per heavy atom. The molecule has 0 aliphatic heterocycles. The number of hydrogen-bond donors (Lipinski definition) is 3. The first-order valence-corrected chi connectivity index (χ1v) is 7.03. The second-order valence-electron chi connectivity index (χ2n) is 4.93. The Morgan fingerprint density at radius 3 is 2.48 bits per heavy atom. The van der Waals surface area contributed by atoms with Crippen molar-refractivity contribution in [3.63, 3.8) is 0 Å². The predicted molar refractivity (Wildman–Crippen MR) is 83.8 cm³/mol. The van der Waals surface area contributed by atoms with Crippen LogP contribution in [-0.2, 0) is 16.1 Å². The average Bonchev–Trinajstić information content (AvgIpc) is 2.50. The SMILES string of the molecule is CNC(=O)CCN(C)CCC(=O)Nc1cccc(CN)c1. The van der Waals surface area contributed by atoms with Crippen LogP contribution in [0.5, 0.6) is 0 Å². The molecule has 0 unspecified atom stereocenters. The van der Waals surface area contributed by atoms with Gasteiger partial charge < -0.3 is 21.3 Å². The van der Waals surface area contributed by atoms with Crippen LogP contribution in [0.15, 0.2) is 24.3 Å². The van der Waals surface area contributed by atoms with Crippen LogP contribution in [0, 0.1) is 0 Å². The predicted octanol–water partition coefficient (Wildman–Crippen LogP) is 0.542. The largest absolute Gasteiger partial charge is 0.359 e. The number of rotatable bonds is 8. The van der Waals surface area contributed by atoms with Gasteiger partial charge in [-0.25, -0.2) is 0 Å². The zero-order valence-corrected chi connectivity index (χ0v) is 12.7. The molecule has 0 spiro atoms. The maximum Gasteiger partial charge on any atom is 0.225 e. The standard InChI is InChI=1S/C15H24N4O2/c1-17-14(20)6-8-19(2)9-7-15(21)18-13-5-3-4-12(10-13)11-16/h3-5,10H,6-9,11,16H2,1-2H3,(H,17,20)(H,18,21). The minimum Gasteiger partial charge on any atom is -0.359 e. The molecule has 6 heteroatoms. The van der Waals surface area contributed by atoms with E-state index in [1.807, 2.05) is 36.2 Å². The van der Waals surface area contributed by atoms with Gasteiger partial charge in [0.2, 0.25) is 11.8 Å². The summed E-state index contributed by atoms with van der Waals surface area (Å²) in [4.78, 5) is 25.0. The van der Waals surface area contributed by atoms with Crippen molar-refractivity contribution in [2.24, 2.45) is 5.73 Å². The first-order chi connectivity index (χ1) is 10.0. The number of carbonyl (C=O) groups excluding carboxylic acids is 2. The molecule has 0 aliphatic carbocycles. The lowest BCUT2D eigenvalue weighted by Crippen LogP contribution is -2.29. The van der Waals surface area contributed by atoms with Crippen molar-refractivity contribution in [3.8, 4) is 0 Å². The number of amides is 2. The zero-order valence-electron chi connectivity index (χ0n) is 12.7. The first-order valence-electron chi connectivity index (χ1n) is 7.03.